The highest BCUT2D eigenvalue weighted by atomic mass is 16.6. The molecule has 0 unspecified atom stereocenters. The second-order valence-electron chi connectivity index (χ2n) is 7.52. The lowest BCUT2D eigenvalue weighted by atomic mass is 10.1. The van der Waals surface area contributed by atoms with Crippen molar-refractivity contribution in [2.45, 2.75) is 13.0 Å². The van der Waals surface area contributed by atoms with Crippen molar-refractivity contribution in [3.8, 4) is 5.88 Å². The van der Waals surface area contributed by atoms with E-state index in [1.54, 1.807) is 22.8 Å². The molecule has 0 bridgehead atoms. The number of nitrogens with zero attached hydrogens (tertiary/aromatic N) is 4. The lowest BCUT2D eigenvalue weighted by Crippen LogP contribution is -2.23. The highest BCUT2D eigenvalue weighted by Gasteiger charge is 2.21. The number of hydrogen-bond acceptors (Lipinski definition) is 5. The van der Waals surface area contributed by atoms with Crippen LogP contribution in [0.3, 0.4) is 0 Å². The van der Waals surface area contributed by atoms with Crippen molar-refractivity contribution in [3.63, 3.8) is 0 Å². The summed E-state index contributed by atoms with van der Waals surface area (Å²) in [5.41, 5.74) is 2.44. The minimum absolute atomic E-state index is 0.0452. The van der Waals surface area contributed by atoms with Crippen LogP contribution >= 0.6 is 0 Å². The van der Waals surface area contributed by atoms with Crippen molar-refractivity contribution >= 4 is 22.5 Å². The number of para-hydroxylation sites is 2. The predicted octanol–water partition coefficient (Wildman–Crippen LogP) is 3.90. The van der Waals surface area contributed by atoms with E-state index in [1.165, 1.54) is 16.5 Å². The van der Waals surface area contributed by atoms with Gasteiger partial charge in [0.2, 0.25) is 11.7 Å². The molecule has 8 heteroatoms. The molecule has 2 aromatic heterocycles. The Morgan fingerprint density at radius 2 is 1.66 bits per heavy atom. The first-order chi connectivity index (χ1) is 15.5. The maximum atomic E-state index is 13.5. The first-order valence-electron chi connectivity index (χ1n) is 10.0. The number of nitro benzene ring substituents is 1. The fourth-order valence-corrected chi connectivity index (χ4v) is 3.93. The highest BCUT2D eigenvalue weighted by molar-refractivity contribution is 5.79. The predicted molar refractivity (Wildman–Crippen MR) is 120 cm³/mol. The topological polar surface area (TPSA) is 103 Å². The average molecular weight is 426 g/mol. The van der Waals surface area contributed by atoms with Gasteiger partial charge >= 0.3 is 0 Å². The number of hydrogen-bond donors (Lipinski definition) is 1. The summed E-state index contributed by atoms with van der Waals surface area (Å²) in [6.07, 6.45) is 0.0452. The maximum Gasteiger partial charge on any atom is 0.269 e. The molecule has 1 N–H and O–H groups in total. The normalized spacial score (nSPS) is 11.2. The molecule has 0 aliphatic heterocycles. The van der Waals surface area contributed by atoms with Crippen LogP contribution in [0.5, 0.6) is 5.88 Å². The van der Waals surface area contributed by atoms with Gasteiger partial charge in [-0.3, -0.25) is 19.5 Å². The summed E-state index contributed by atoms with van der Waals surface area (Å²) >= 11 is 0. The fourth-order valence-electron chi connectivity index (χ4n) is 3.93. The van der Waals surface area contributed by atoms with E-state index in [9.17, 15) is 20.0 Å². The largest absolute Gasteiger partial charge is 0.494 e. The second-order valence-corrected chi connectivity index (χ2v) is 7.52. The Bertz CT molecular complexity index is 1540. The Hall–Kier alpha value is -4.46. The zero-order valence-electron chi connectivity index (χ0n) is 16.9. The molecule has 5 aromatic rings. The third-order valence-electron chi connectivity index (χ3n) is 5.46. The summed E-state index contributed by atoms with van der Waals surface area (Å²) in [5, 5.41) is 22.3. The number of benzene rings is 3. The Balaban J connectivity index is 1.75. The lowest BCUT2D eigenvalue weighted by Gasteiger charge is -2.15. The van der Waals surface area contributed by atoms with Crippen molar-refractivity contribution in [1.82, 2.24) is 14.0 Å². The molecule has 32 heavy (non-hydrogen) atoms. The number of aromatic nitrogens is 3. The molecule has 5 rings (SSSR count). The summed E-state index contributed by atoms with van der Waals surface area (Å²) in [6.45, 7) is 0.307. The van der Waals surface area contributed by atoms with E-state index in [2.05, 4.69) is 4.98 Å². The fraction of sp³-hybridized carbons (Fsp3) is 0.0833. The van der Waals surface area contributed by atoms with E-state index in [0.29, 0.717) is 28.9 Å². The number of fused-ring (bicyclic) bond motifs is 3. The molecular weight excluding hydrogens is 408 g/mol. The molecular formula is C24H18N4O4. The molecule has 0 atom stereocenters. The van der Waals surface area contributed by atoms with E-state index in [-0.39, 0.29) is 23.6 Å². The van der Waals surface area contributed by atoms with Crippen LogP contribution in [0, 0.1) is 10.1 Å². The highest BCUT2D eigenvalue weighted by Crippen LogP contribution is 2.25. The molecule has 0 saturated heterocycles. The van der Waals surface area contributed by atoms with E-state index >= 15 is 0 Å². The summed E-state index contributed by atoms with van der Waals surface area (Å²) < 4.78 is 3.09. The van der Waals surface area contributed by atoms with Gasteiger partial charge in [0.15, 0.2) is 0 Å². The van der Waals surface area contributed by atoms with Crippen LogP contribution in [0.4, 0.5) is 5.69 Å². The number of nitro groups is 1. The molecule has 0 radical (unpaired) electrons. The lowest BCUT2D eigenvalue weighted by molar-refractivity contribution is -0.384. The van der Waals surface area contributed by atoms with Crippen molar-refractivity contribution in [2.75, 3.05) is 0 Å². The van der Waals surface area contributed by atoms with Gasteiger partial charge in [-0.1, -0.05) is 54.6 Å². The van der Waals surface area contributed by atoms with Gasteiger partial charge in [0, 0.05) is 18.6 Å². The van der Waals surface area contributed by atoms with E-state index < -0.39 is 10.5 Å². The molecule has 0 aliphatic carbocycles. The monoisotopic (exact) mass is 426 g/mol. The van der Waals surface area contributed by atoms with Crippen molar-refractivity contribution in [2.24, 2.45) is 0 Å². The third kappa shape index (κ3) is 3.27. The van der Waals surface area contributed by atoms with E-state index in [1.807, 2.05) is 48.5 Å². The Kier molecular flexibility index (Phi) is 4.67. The van der Waals surface area contributed by atoms with Crippen molar-refractivity contribution in [3.05, 3.63) is 116 Å². The van der Waals surface area contributed by atoms with Crippen LogP contribution in [0.15, 0.2) is 83.7 Å². The SMILES string of the molecule is O=c1c(Cc2cccc([N+](=O)[O-])c2)c(O)n(Cc2ccccc2)c2nc3ccccc3n12. The minimum atomic E-state index is -0.483. The van der Waals surface area contributed by atoms with E-state index in [4.69, 9.17) is 0 Å². The van der Waals surface area contributed by atoms with Gasteiger partial charge in [-0.25, -0.2) is 9.38 Å². The summed E-state index contributed by atoms with van der Waals surface area (Å²) in [5.74, 6) is 0.133. The third-order valence-corrected chi connectivity index (χ3v) is 5.46. The van der Waals surface area contributed by atoms with Gasteiger partial charge in [0.1, 0.15) is 0 Å². The summed E-state index contributed by atoms with van der Waals surface area (Å²) in [4.78, 5) is 28.7. The van der Waals surface area contributed by atoms with Gasteiger partial charge < -0.3 is 5.11 Å². The van der Waals surface area contributed by atoms with Crippen LogP contribution < -0.4 is 5.56 Å². The minimum Gasteiger partial charge on any atom is -0.494 e. The molecule has 158 valence electrons. The number of aromatic hydroxyl groups is 1. The van der Waals surface area contributed by atoms with Gasteiger partial charge in [-0.15, -0.1) is 0 Å². The first-order valence-corrected chi connectivity index (χ1v) is 10.0. The summed E-state index contributed by atoms with van der Waals surface area (Å²) in [6, 6.07) is 22.9. The van der Waals surface area contributed by atoms with Crippen molar-refractivity contribution < 1.29 is 10.0 Å². The zero-order chi connectivity index (χ0) is 22.2. The zero-order valence-corrected chi connectivity index (χ0v) is 16.9. The summed E-state index contributed by atoms with van der Waals surface area (Å²) in [7, 11) is 0. The Morgan fingerprint density at radius 3 is 2.44 bits per heavy atom. The van der Waals surface area contributed by atoms with Gasteiger partial charge in [0.05, 0.1) is 28.1 Å². The standard InChI is InChI=1S/C24H18N4O4/c29-22-19(14-17-9-6-10-18(13-17)28(31)32)23(30)27-21-12-5-4-11-20(21)25-24(27)26(22)15-16-7-2-1-3-8-16/h1-13,29H,14-15H2. The van der Waals surface area contributed by atoms with Crippen LogP contribution in [-0.4, -0.2) is 24.0 Å². The van der Waals surface area contributed by atoms with Crippen LogP contribution in [0.25, 0.3) is 16.8 Å². The van der Waals surface area contributed by atoms with Crippen LogP contribution in [0.2, 0.25) is 0 Å². The smallest absolute Gasteiger partial charge is 0.269 e. The maximum absolute atomic E-state index is 13.5. The van der Waals surface area contributed by atoms with E-state index in [0.717, 1.165) is 5.56 Å². The average Bonchev–Trinajstić information content (AvgIpc) is 3.20. The molecule has 0 fully saturated rings. The van der Waals surface area contributed by atoms with Crippen LogP contribution in [-0.2, 0) is 13.0 Å². The van der Waals surface area contributed by atoms with Gasteiger partial charge in [0.25, 0.3) is 11.2 Å². The van der Waals surface area contributed by atoms with Crippen LogP contribution in [0.1, 0.15) is 16.7 Å². The molecule has 3 aromatic carbocycles. The second kappa shape index (κ2) is 7.66. The Labute approximate surface area is 181 Å². The Morgan fingerprint density at radius 1 is 0.938 bits per heavy atom. The number of non-ortho nitro benzene ring substituents is 1. The van der Waals surface area contributed by atoms with Crippen molar-refractivity contribution in [1.29, 1.82) is 0 Å². The van der Waals surface area contributed by atoms with Gasteiger partial charge in [-0.2, -0.15) is 0 Å². The number of rotatable bonds is 5. The quantitative estimate of drug-likeness (QED) is 0.339. The molecule has 0 aliphatic rings. The van der Waals surface area contributed by atoms with Gasteiger partial charge in [-0.05, 0) is 23.3 Å². The molecule has 0 saturated carbocycles. The number of imidazole rings is 1. The molecule has 2 heterocycles. The first kappa shape index (κ1) is 19.5. The molecule has 0 spiro atoms. The molecule has 8 nitrogen and oxygen atoms in total. The molecule has 0 amide bonds.